The molecule has 6 nitrogen and oxygen atoms in total. The van der Waals surface area contributed by atoms with Gasteiger partial charge in [-0.1, -0.05) is 83.8 Å². The Kier molecular flexibility index (Phi) is 6.10. The molecular weight excluding hydrogens is 454 g/mol. The first-order valence-electron chi connectivity index (χ1n) is 10.2. The second-order valence-electron chi connectivity index (χ2n) is 7.08. The zero-order valence-electron chi connectivity index (χ0n) is 17.6. The summed E-state index contributed by atoms with van der Waals surface area (Å²) in [7, 11) is 1.62. The Balaban J connectivity index is 1.32. The van der Waals surface area contributed by atoms with E-state index in [0.29, 0.717) is 16.1 Å². The molecule has 0 unspecified atom stereocenters. The number of hydrogen-bond acceptors (Lipinski definition) is 7. The molecule has 0 atom stereocenters. The number of ether oxygens (including phenoxy) is 1. The Hall–Kier alpha value is -3.62. The smallest absolute Gasteiger partial charge is 0.257 e. The topological polar surface area (TPSA) is 77.2 Å². The number of carbonyl (C=O) groups is 1. The molecule has 0 aliphatic rings. The molecule has 2 heterocycles. The van der Waals surface area contributed by atoms with Crippen LogP contribution in [0.25, 0.3) is 32.8 Å². The van der Waals surface area contributed by atoms with E-state index in [0.717, 1.165) is 32.8 Å². The number of aromatic nitrogens is 2. The minimum absolute atomic E-state index is 0.155. The third kappa shape index (κ3) is 4.76. The Labute approximate surface area is 198 Å². The van der Waals surface area contributed by atoms with Gasteiger partial charge in [0.25, 0.3) is 5.22 Å². The molecule has 8 heteroatoms. The van der Waals surface area contributed by atoms with Crippen molar-refractivity contribution < 1.29 is 13.9 Å². The van der Waals surface area contributed by atoms with Gasteiger partial charge in [-0.2, -0.15) is 0 Å². The Morgan fingerprint density at radius 1 is 1.00 bits per heavy atom. The number of methoxy groups -OCH3 is 1. The summed E-state index contributed by atoms with van der Waals surface area (Å²) in [4.78, 5) is 21.7. The van der Waals surface area contributed by atoms with Gasteiger partial charge in [-0.3, -0.25) is 4.79 Å². The number of thioether (sulfide) groups is 1. The molecule has 5 aromatic rings. The number of fused-ring (bicyclic) bond motifs is 1. The second-order valence-corrected chi connectivity index (χ2v) is 9.04. The van der Waals surface area contributed by atoms with Gasteiger partial charge in [0, 0.05) is 11.1 Å². The summed E-state index contributed by atoms with van der Waals surface area (Å²) in [5.41, 5.74) is 3.47. The fourth-order valence-corrected chi connectivity index (χ4v) is 4.84. The van der Waals surface area contributed by atoms with Crippen LogP contribution in [0.5, 0.6) is 5.75 Å². The highest BCUT2D eigenvalue weighted by molar-refractivity contribution is 7.99. The van der Waals surface area contributed by atoms with E-state index < -0.39 is 0 Å². The van der Waals surface area contributed by atoms with Gasteiger partial charge in [-0.05, 0) is 18.2 Å². The molecule has 0 saturated heterocycles. The van der Waals surface area contributed by atoms with Gasteiger partial charge in [-0.15, -0.1) is 0 Å². The van der Waals surface area contributed by atoms with E-state index in [2.05, 4.69) is 15.3 Å². The number of nitrogens with one attached hydrogen (secondary N) is 1. The number of thiazole rings is 1. The number of anilines is 1. The number of amides is 1. The lowest BCUT2D eigenvalue weighted by Crippen LogP contribution is -2.13. The van der Waals surface area contributed by atoms with Crippen molar-refractivity contribution in [3.05, 3.63) is 78.9 Å². The minimum Gasteiger partial charge on any atom is -0.497 e. The molecule has 0 aliphatic carbocycles. The lowest BCUT2D eigenvalue weighted by atomic mass is 10.1. The molecule has 0 bridgehead atoms. The average molecular weight is 474 g/mol. The van der Waals surface area contributed by atoms with Crippen LogP contribution in [0, 0.1) is 0 Å². The van der Waals surface area contributed by atoms with E-state index in [1.165, 1.54) is 23.1 Å². The van der Waals surface area contributed by atoms with E-state index in [9.17, 15) is 4.79 Å². The highest BCUT2D eigenvalue weighted by atomic mass is 32.2. The molecule has 0 aliphatic heterocycles. The van der Waals surface area contributed by atoms with Gasteiger partial charge in [0.2, 0.25) is 5.91 Å². The fourth-order valence-electron chi connectivity index (χ4n) is 3.31. The normalized spacial score (nSPS) is 10.9. The monoisotopic (exact) mass is 473 g/mol. The van der Waals surface area contributed by atoms with Crippen LogP contribution in [0.2, 0.25) is 0 Å². The molecule has 2 aromatic heterocycles. The van der Waals surface area contributed by atoms with Crippen LogP contribution in [-0.4, -0.2) is 28.7 Å². The van der Waals surface area contributed by atoms with Crippen LogP contribution in [-0.2, 0) is 4.79 Å². The maximum Gasteiger partial charge on any atom is 0.257 e. The molecular formula is C25H19N3O3S2. The van der Waals surface area contributed by atoms with Crippen LogP contribution in [0.1, 0.15) is 0 Å². The predicted octanol–water partition coefficient (Wildman–Crippen LogP) is 6.36. The molecule has 0 radical (unpaired) electrons. The summed E-state index contributed by atoms with van der Waals surface area (Å²) in [6.07, 6.45) is 0. The fraction of sp³-hybridized carbons (Fsp3) is 0.0800. The van der Waals surface area contributed by atoms with Crippen LogP contribution in [0.4, 0.5) is 5.13 Å². The number of benzene rings is 3. The van der Waals surface area contributed by atoms with Crippen molar-refractivity contribution in [2.24, 2.45) is 0 Å². The standard InChI is InChI=1S/C25H19N3O3S2/c1-30-18-12-13-19-20(14-18)33-24(26-19)27-21(29)15-32-25-28-22(16-8-4-2-5-9-16)23(31-25)17-10-6-3-7-11-17/h2-14H,15H2,1H3,(H,26,27,29). The third-order valence-electron chi connectivity index (χ3n) is 4.86. The molecule has 0 spiro atoms. The predicted molar refractivity (Wildman–Crippen MR) is 133 cm³/mol. The molecule has 1 amide bonds. The van der Waals surface area contributed by atoms with Crippen molar-refractivity contribution in [2.75, 3.05) is 18.2 Å². The molecule has 3 aromatic carbocycles. The molecule has 164 valence electrons. The summed E-state index contributed by atoms with van der Waals surface area (Å²) in [6, 6.07) is 25.3. The molecule has 33 heavy (non-hydrogen) atoms. The zero-order valence-corrected chi connectivity index (χ0v) is 19.3. The second kappa shape index (κ2) is 9.48. The van der Waals surface area contributed by atoms with E-state index >= 15 is 0 Å². The van der Waals surface area contributed by atoms with Crippen LogP contribution < -0.4 is 10.1 Å². The maximum absolute atomic E-state index is 12.6. The Morgan fingerprint density at radius 2 is 1.73 bits per heavy atom. The van der Waals surface area contributed by atoms with Crippen molar-refractivity contribution in [1.29, 1.82) is 0 Å². The lowest BCUT2D eigenvalue weighted by Gasteiger charge is -2.00. The molecule has 0 saturated carbocycles. The zero-order chi connectivity index (χ0) is 22.6. The van der Waals surface area contributed by atoms with E-state index in [4.69, 9.17) is 9.15 Å². The molecule has 5 rings (SSSR count). The number of hydrogen-bond donors (Lipinski definition) is 1. The Morgan fingerprint density at radius 3 is 2.45 bits per heavy atom. The highest BCUT2D eigenvalue weighted by Crippen LogP contribution is 2.35. The van der Waals surface area contributed by atoms with Gasteiger partial charge in [-0.25, -0.2) is 9.97 Å². The van der Waals surface area contributed by atoms with Gasteiger partial charge >= 0.3 is 0 Å². The minimum atomic E-state index is -0.174. The van der Waals surface area contributed by atoms with Crippen molar-refractivity contribution >= 4 is 44.4 Å². The van der Waals surface area contributed by atoms with Gasteiger partial charge < -0.3 is 14.5 Å². The first-order valence-corrected chi connectivity index (χ1v) is 12.0. The summed E-state index contributed by atoms with van der Waals surface area (Å²) in [6.45, 7) is 0. The van der Waals surface area contributed by atoms with E-state index in [1.807, 2.05) is 78.9 Å². The first-order chi connectivity index (χ1) is 16.2. The maximum atomic E-state index is 12.6. The summed E-state index contributed by atoms with van der Waals surface area (Å²) >= 11 is 2.66. The van der Waals surface area contributed by atoms with Gasteiger partial charge in [0.05, 0.1) is 23.1 Å². The van der Waals surface area contributed by atoms with Crippen LogP contribution in [0.15, 0.2) is 88.5 Å². The third-order valence-corrected chi connectivity index (χ3v) is 6.62. The molecule has 1 N–H and O–H groups in total. The largest absolute Gasteiger partial charge is 0.497 e. The number of carbonyl (C=O) groups excluding carboxylic acids is 1. The van der Waals surface area contributed by atoms with Crippen molar-refractivity contribution in [2.45, 2.75) is 5.22 Å². The average Bonchev–Trinajstić information content (AvgIpc) is 3.47. The highest BCUT2D eigenvalue weighted by Gasteiger charge is 2.18. The van der Waals surface area contributed by atoms with Crippen molar-refractivity contribution in [1.82, 2.24) is 9.97 Å². The van der Waals surface area contributed by atoms with Gasteiger partial charge in [0.15, 0.2) is 10.9 Å². The van der Waals surface area contributed by atoms with Gasteiger partial charge in [0.1, 0.15) is 11.4 Å². The SMILES string of the molecule is COc1ccc2nc(NC(=O)CSc3nc(-c4ccccc4)c(-c4ccccc4)o3)sc2c1. The van der Waals surface area contributed by atoms with Crippen LogP contribution >= 0.6 is 23.1 Å². The summed E-state index contributed by atoms with van der Waals surface area (Å²) < 4.78 is 12.3. The number of nitrogens with zero attached hydrogens (tertiary/aromatic N) is 2. The lowest BCUT2D eigenvalue weighted by molar-refractivity contribution is -0.113. The van der Waals surface area contributed by atoms with Crippen LogP contribution in [0.3, 0.4) is 0 Å². The first kappa shape index (κ1) is 21.2. The quantitative estimate of drug-likeness (QED) is 0.277. The van der Waals surface area contributed by atoms with E-state index in [-0.39, 0.29) is 11.7 Å². The molecule has 0 fully saturated rings. The van der Waals surface area contributed by atoms with Crippen molar-refractivity contribution in [3.8, 4) is 28.3 Å². The Bertz CT molecular complexity index is 1340. The number of rotatable bonds is 7. The summed E-state index contributed by atoms with van der Waals surface area (Å²) in [5.74, 6) is 1.42. The summed E-state index contributed by atoms with van der Waals surface area (Å²) in [5, 5.41) is 3.85. The van der Waals surface area contributed by atoms with E-state index in [1.54, 1.807) is 7.11 Å². The van der Waals surface area contributed by atoms with Crippen molar-refractivity contribution in [3.63, 3.8) is 0 Å². The number of oxazole rings is 1.